The molecule has 0 amide bonds. The number of unbranched alkanes of at least 4 members (excludes halogenated alkanes) is 1. The number of carbonyl (C=O) groups excluding carboxylic acids is 1. The standard InChI is InChI=1S/C40H51F2N7O5.ClH/c1-7-27-20-28(11-10-25(27)2)43-33-22-34(50)47(40(53)44-33)15-9-8-14-45-16-17-46(23-26(45)3)37-32(41)21-30-36(35(37)42)48(29-12-13-29)24-31(38(30)51)39(52)54-19-18-49(4,5)6;/h10-11,20-22,24,26,29H,7-9,12-19,23H2,1-6H3,(H-,43,44,50,53);1H. The highest BCUT2D eigenvalue weighted by Crippen LogP contribution is 2.40. The van der Waals surface area contributed by atoms with E-state index in [0.717, 1.165) is 31.0 Å². The Bertz CT molecular complexity index is 2200. The number of likely N-dealkylation sites (N-methyl/N-ethyl adjacent to an activating group) is 1. The number of hydrogen-bond donors (Lipinski definition) is 2. The number of H-pyrrole nitrogens is 1. The number of quaternary nitrogens is 1. The molecule has 298 valence electrons. The molecule has 0 spiro atoms. The Morgan fingerprint density at radius 2 is 1.76 bits per heavy atom. The zero-order valence-corrected chi connectivity index (χ0v) is 33.3. The summed E-state index contributed by atoms with van der Waals surface area (Å²) in [7, 11) is 5.87. The van der Waals surface area contributed by atoms with E-state index in [-0.39, 0.29) is 65.4 Å². The second-order valence-corrected chi connectivity index (χ2v) is 15.7. The topological polar surface area (TPSA) is 122 Å². The number of aryl methyl sites for hydroxylation is 2. The molecule has 1 saturated carbocycles. The highest BCUT2D eigenvalue weighted by molar-refractivity contribution is 5.95. The molecular formula is C40H52ClF2N7O5. The number of esters is 1. The average Bonchev–Trinajstić information content (AvgIpc) is 3.95. The first-order valence-corrected chi connectivity index (χ1v) is 18.9. The first-order valence-electron chi connectivity index (χ1n) is 18.9. The first-order chi connectivity index (χ1) is 25.6. The van der Waals surface area contributed by atoms with E-state index in [0.29, 0.717) is 55.9 Å². The molecule has 1 unspecified atom stereocenters. The Balaban J connectivity index is 0.00000580. The Labute approximate surface area is 325 Å². The molecule has 12 nitrogen and oxygen atoms in total. The minimum atomic E-state index is -0.850. The smallest absolute Gasteiger partial charge is 0.343 e. The monoisotopic (exact) mass is 783 g/mol. The van der Waals surface area contributed by atoms with Crippen LogP contribution in [0, 0.1) is 18.6 Å². The molecule has 1 aliphatic heterocycles. The van der Waals surface area contributed by atoms with Gasteiger partial charge in [-0.3, -0.25) is 24.0 Å². The van der Waals surface area contributed by atoms with Gasteiger partial charge >= 0.3 is 11.7 Å². The molecular weight excluding hydrogens is 732 g/mol. The number of nitrogens with one attached hydrogen (secondary N) is 2. The van der Waals surface area contributed by atoms with Crippen LogP contribution in [0.1, 0.15) is 67.1 Å². The molecule has 2 N–H and O–H groups in total. The van der Waals surface area contributed by atoms with E-state index < -0.39 is 28.7 Å². The number of benzene rings is 2. The van der Waals surface area contributed by atoms with Gasteiger partial charge in [0.15, 0.2) is 5.82 Å². The second-order valence-electron chi connectivity index (χ2n) is 15.7. The van der Waals surface area contributed by atoms with Crippen LogP contribution in [0.15, 0.2) is 50.9 Å². The number of rotatable bonds is 14. The number of carbonyl (C=O) groups is 1. The van der Waals surface area contributed by atoms with Crippen molar-refractivity contribution in [3.8, 4) is 0 Å². The van der Waals surface area contributed by atoms with Gasteiger partial charge in [0.05, 0.1) is 32.0 Å². The molecule has 4 aromatic rings. The van der Waals surface area contributed by atoms with Crippen molar-refractivity contribution in [3.63, 3.8) is 0 Å². The Morgan fingerprint density at radius 3 is 2.42 bits per heavy atom. The lowest BCUT2D eigenvalue weighted by atomic mass is 10.1. The van der Waals surface area contributed by atoms with Gasteiger partial charge in [0.25, 0.3) is 5.56 Å². The van der Waals surface area contributed by atoms with Gasteiger partial charge in [0.2, 0.25) is 5.43 Å². The number of piperazine rings is 1. The van der Waals surface area contributed by atoms with Crippen LogP contribution in [0.25, 0.3) is 10.9 Å². The molecule has 0 bridgehead atoms. The molecule has 2 aromatic carbocycles. The van der Waals surface area contributed by atoms with Gasteiger partial charge in [0, 0.05) is 56.2 Å². The van der Waals surface area contributed by atoms with Crippen molar-refractivity contribution in [2.24, 2.45) is 0 Å². The van der Waals surface area contributed by atoms with Crippen LogP contribution in [-0.4, -0.2) is 96.0 Å². The van der Waals surface area contributed by atoms with Gasteiger partial charge < -0.3 is 36.4 Å². The quantitative estimate of drug-likeness (QED) is 0.113. The Hall–Kier alpha value is -4.53. The van der Waals surface area contributed by atoms with Crippen molar-refractivity contribution >= 4 is 34.1 Å². The maximum absolute atomic E-state index is 16.5. The molecule has 2 aliphatic rings. The number of halogens is 3. The van der Waals surface area contributed by atoms with Crippen LogP contribution in [0.2, 0.25) is 0 Å². The average molecular weight is 784 g/mol. The van der Waals surface area contributed by atoms with Crippen molar-refractivity contribution in [1.29, 1.82) is 0 Å². The zero-order chi connectivity index (χ0) is 38.9. The maximum atomic E-state index is 16.5. The van der Waals surface area contributed by atoms with Crippen LogP contribution >= 0.6 is 0 Å². The van der Waals surface area contributed by atoms with Gasteiger partial charge in [0.1, 0.15) is 36.0 Å². The van der Waals surface area contributed by atoms with E-state index in [1.807, 2.05) is 53.2 Å². The van der Waals surface area contributed by atoms with E-state index in [9.17, 15) is 19.2 Å². The van der Waals surface area contributed by atoms with Crippen molar-refractivity contribution < 1.29 is 35.2 Å². The maximum Gasteiger partial charge on any atom is 0.343 e. The fraction of sp³-hybridized carbons (Fsp3) is 0.500. The fourth-order valence-corrected chi connectivity index (χ4v) is 7.20. The number of fused-ring (bicyclic) bond motifs is 1. The number of nitrogens with zero attached hydrogens (tertiary/aromatic N) is 5. The van der Waals surface area contributed by atoms with Gasteiger partial charge in [-0.1, -0.05) is 13.0 Å². The van der Waals surface area contributed by atoms with Crippen LogP contribution in [0.3, 0.4) is 0 Å². The van der Waals surface area contributed by atoms with Crippen molar-refractivity contribution in [2.75, 3.05) is 70.7 Å². The predicted molar refractivity (Wildman–Crippen MR) is 207 cm³/mol. The third kappa shape index (κ3) is 9.47. The highest BCUT2D eigenvalue weighted by Gasteiger charge is 2.33. The number of hydrogen-bond acceptors (Lipinski definition) is 8. The highest BCUT2D eigenvalue weighted by atomic mass is 35.5. The summed E-state index contributed by atoms with van der Waals surface area (Å²) in [6.07, 6.45) is 5.08. The molecule has 2 fully saturated rings. The SMILES string of the molecule is CCc1cc(Nc2cc(=O)n(CCCCN3CCN(c4c(F)cc5c(=O)c(C(=O)OCC[N+](C)(C)C)cn(C6CC6)c5c4F)CC3C)c(=O)[nH]2)ccc1C.[Cl-]. The van der Waals surface area contributed by atoms with E-state index >= 15 is 8.78 Å². The lowest BCUT2D eigenvalue weighted by Crippen LogP contribution is -3.00. The van der Waals surface area contributed by atoms with Crippen LogP contribution in [0.5, 0.6) is 0 Å². The summed E-state index contributed by atoms with van der Waals surface area (Å²) in [5.74, 6) is -2.11. The number of aromatic amines is 1. The molecule has 1 saturated heterocycles. The van der Waals surface area contributed by atoms with Crippen molar-refractivity contribution in [2.45, 2.75) is 71.5 Å². The summed E-state index contributed by atoms with van der Waals surface area (Å²) in [6.45, 7) is 8.99. The van der Waals surface area contributed by atoms with Crippen LogP contribution in [0.4, 0.5) is 26.0 Å². The minimum absolute atomic E-state index is 0. The summed E-state index contributed by atoms with van der Waals surface area (Å²) in [6, 6.07) is 8.23. The number of pyridine rings is 1. The summed E-state index contributed by atoms with van der Waals surface area (Å²) in [5, 5.41) is 2.96. The molecule has 55 heavy (non-hydrogen) atoms. The molecule has 1 aliphatic carbocycles. The normalized spacial score (nSPS) is 16.3. The van der Waals surface area contributed by atoms with Crippen LogP contribution < -0.4 is 39.3 Å². The van der Waals surface area contributed by atoms with Gasteiger partial charge in [-0.25, -0.2) is 18.4 Å². The number of aromatic nitrogens is 3. The largest absolute Gasteiger partial charge is 1.00 e. The molecule has 1 atom stereocenters. The lowest BCUT2D eigenvalue weighted by molar-refractivity contribution is -0.870. The molecule has 2 aromatic heterocycles. The molecule has 0 radical (unpaired) electrons. The minimum Gasteiger partial charge on any atom is -1.00 e. The lowest BCUT2D eigenvalue weighted by Gasteiger charge is -2.41. The fourth-order valence-electron chi connectivity index (χ4n) is 7.20. The summed E-state index contributed by atoms with van der Waals surface area (Å²) in [5.41, 5.74) is 1.15. The van der Waals surface area contributed by atoms with Gasteiger partial charge in [-0.2, -0.15) is 0 Å². The van der Waals surface area contributed by atoms with Gasteiger partial charge in [-0.15, -0.1) is 0 Å². The molecule has 15 heteroatoms. The summed E-state index contributed by atoms with van der Waals surface area (Å²) < 4.78 is 41.0. The first kappa shape index (κ1) is 41.6. The third-order valence-corrected chi connectivity index (χ3v) is 10.5. The zero-order valence-electron chi connectivity index (χ0n) is 32.5. The second kappa shape index (κ2) is 17.1. The Morgan fingerprint density at radius 1 is 1.04 bits per heavy atom. The van der Waals surface area contributed by atoms with E-state index in [1.54, 1.807) is 9.47 Å². The van der Waals surface area contributed by atoms with E-state index in [1.165, 1.54) is 28.0 Å². The molecule has 3 heterocycles. The molecule has 6 rings (SSSR count). The summed E-state index contributed by atoms with van der Waals surface area (Å²) >= 11 is 0. The van der Waals surface area contributed by atoms with E-state index in [2.05, 4.69) is 22.1 Å². The van der Waals surface area contributed by atoms with Crippen LogP contribution in [-0.2, 0) is 17.7 Å². The summed E-state index contributed by atoms with van der Waals surface area (Å²) in [4.78, 5) is 58.8. The Kier molecular flexibility index (Phi) is 12.9. The van der Waals surface area contributed by atoms with Gasteiger partial charge in [-0.05, 0) is 81.8 Å². The van der Waals surface area contributed by atoms with Crippen molar-refractivity contribution in [3.05, 3.63) is 95.9 Å². The third-order valence-electron chi connectivity index (χ3n) is 10.5. The van der Waals surface area contributed by atoms with Crippen molar-refractivity contribution in [1.82, 2.24) is 19.0 Å². The predicted octanol–water partition coefficient (Wildman–Crippen LogP) is 1.94. The number of ether oxygens (including phenoxy) is 1. The van der Waals surface area contributed by atoms with E-state index in [4.69, 9.17) is 4.74 Å². The number of anilines is 3.